The van der Waals surface area contributed by atoms with E-state index in [0.717, 1.165) is 31.7 Å². The van der Waals surface area contributed by atoms with Crippen molar-refractivity contribution in [3.8, 4) is 0 Å². The summed E-state index contributed by atoms with van der Waals surface area (Å²) < 4.78 is 0. The molecular weight excluding hydrogens is 210 g/mol. The van der Waals surface area contributed by atoms with Crippen LogP contribution >= 0.6 is 0 Å². The number of anilines is 1. The van der Waals surface area contributed by atoms with E-state index in [4.69, 9.17) is 0 Å². The van der Waals surface area contributed by atoms with Crippen molar-refractivity contribution >= 4 is 16.6 Å². The molecular formula is C14H17N3. The number of likely N-dealkylation sites (N-methyl/N-ethyl adjacent to an activating group) is 1. The summed E-state index contributed by atoms with van der Waals surface area (Å²) in [6.07, 6.45) is 1.85. The lowest BCUT2D eigenvalue weighted by Gasteiger charge is -2.34. The molecule has 1 aliphatic heterocycles. The van der Waals surface area contributed by atoms with E-state index < -0.39 is 0 Å². The molecule has 3 nitrogen and oxygen atoms in total. The van der Waals surface area contributed by atoms with Crippen LogP contribution in [0, 0.1) is 0 Å². The Hall–Kier alpha value is -1.61. The highest BCUT2D eigenvalue weighted by atomic mass is 15.2. The Bertz CT molecular complexity index is 516. The molecule has 3 heteroatoms. The van der Waals surface area contributed by atoms with Gasteiger partial charge in [0.25, 0.3) is 0 Å². The fourth-order valence-corrected chi connectivity index (χ4v) is 2.32. The lowest BCUT2D eigenvalue weighted by atomic mass is 10.1. The zero-order chi connectivity index (χ0) is 11.7. The van der Waals surface area contributed by atoms with Crippen LogP contribution in [0.1, 0.15) is 0 Å². The summed E-state index contributed by atoms with van der Waals surface area (Å²) in [4.78, 5) is 9.18. The smallest absolute Gasteiger partial charge is 0.0703 e. The highest BCUT2D eigenvalue weighted by molar-refractivity contribution is 5.82. The summed E-state index contributed by atoms with van der Waals surface area (Å²) in [6.45, 7) is 4.51. The third-order valence-electron chi connectivity index (χ3n) is 3.46. The van der Waals surface area contributed by atoms with Gasteiger partial charge < -0.3 is 9.80 Å². The molecule has 1 aromatic heterocycles. The molecule has 0 radical (unpaired) electrons. The molecule has 1 saturated heterocycles. The molecule has 0 amide bonds. The van der Waals surface area contributed by atoms with Crippen LogP contribution in [0.2, 0.25) is 0 Å². The molecule has 0 unspecified atom stereocenters. The van der Waals surface area contributed by atoms with Gasteiger partial charge in [-0.15, -0.1) is 0 Å². The predicted octanol–water partition coefficient (Wildman–Crippen LogP) is 1.99. The second-order valence-electron chi connectivity index (χ2n) is 4.67. The number of rotatable bonds is 1. The molecule has 0 N–H and O–H groups in total. The van der Waals surface area contributed by atoms with Crippen LogP contribution in [0.5, 0.6) is 0 Å². The number of hydrogen-bond acceptors (Lipinski definition) is 3. The molecule has 1 fully saturated rings. The maximum absolute atomic E-state index is 4.35. The van der Waals surface area contributed by atoms with Crippen LogP contribution in [-0.2, 0) is 0 Å². The Morgan fingerprint density at radius 2 is 1.88 bits per heavy atom. The second kappa shape index (κ2) is 4.34. The molecule has 1 aromatic carbocycles. The van der Waals surface area contributed by atoms with Gasteiger partial charge in [0, 0.05) is 43.4 Å². The number of fused-ring (bicyclic) bond motifs is 1. The number of nitrogens with zero attached hydrogens (tertiary/aromatic N) is 3. The van der Waals surface area contributed by atoms with Gasteiger partial charge in [0.15, 0.2) is 0 Å². The van der Waals surface area contributed by atoms with Crippen LogP contribution < -0.4 is 4.90 Å². The van der Waals surface area contributed by atoms with Gasteiger partial charge in [-0.2, -0.15) is 0 Å². The van der Waals surface area contributed by atoms with Crippen LogP contribution in [0.4, 0.5) is 5.69 Å². The molecule has 0 atom stereocenters. The molecule has 88 valence electrons. The van der Waals surface area contributed by atoms with E-state index in [0.29, 0.717) is 0 Å². The van der Waals surface area contributed by atoms with Crippen LogP contribution in [0.3, 0.4) is 0 Å². The van der Waals surface area contributed by atoms with Crippen molar-refractivity contribution in [3.63, 3.8) is 0 Å². The van der Waals surface area contributed by atoms with Crippen molar-refractivity contribution < 1.29 is 0 Å². The molecule has 17 heavy (non-hydrogen) atoms. The van der Waals surface area contributed by atoms with E-state index in [9.17, 15) is 0 Å². The van der Waals surface area contributed by atoms with Gasteiger partial charge >= 0.3 is 0 Å². The molecule has 0 aliphatic carbocycles. The van der Waals surface area contributed by atoms with E-state index >= 15 is 0 Å². The van der Waals surface area contributed by atoms with Crippen molar-refractivity contribution in [2.45, 2.75) is 0 Å². The Kier molecular flexibility index (Phi) is 2.69. The molecule has 3 rings (SSSR count). The van der Waals surface area contributed by atoms with Crippen molar-refractivity contribution in [2.75, 3.05) is 38.1 Å². The van der Waals surface area contributed by atoms with Gasteiger partial charge in [-0.3, -0.25) is 4.98 Å². The number of pyridine rings is 1. The lowest BCUT2D eigenvalue weighted by molar-refractivity contribution is 0.313. The van der Waals surface area contributed by atoms with Crippen molar-refractivity contribution in [2.24, 2.45) is 0 Å². The number of hydrogen-bond donors (Lipinski definition) is 0. The average Bonchev–Trinajstić information content (AvgIpc) is 2.39. The van der Waals surface area contributed by atoms with Gasteiger partial charge in [0.2, 0.25) is 0 Å². The number of benzene rings is 1. The van der Waals surface area contributed by atoms with E-state index in [1.54, 1.807) is 0 Å². The van der Waals surface area contributed by atoms with Gasteiger partial charge in [-0.25, -0.2) is 0 Å². The Labute approximate surface area is 102 Å². The van der Waals surface area contributed by atoms with Crippen molar-refractivity contribution in [3.05, 3.63) is 36.5 Å². The van der Waals surface area contributed by atoms with E-state index in [1.807, 2.05) is 12.3 Å². The minimum absolute atomic E-state index is 1.07. The monoisotopic (exact) mass is 227 g/mol. The Morgan fingerprint density at radius 1 is 1.06 bits per heavy atom. The predicted molar refractivity (Wildman–Crippen MR) is 71.5 cm³/mol. The summed E-state index contributed by atoms with van der Waals surface area (Å²) in [5.74, 6) is 0. The SMILES string of the molecule is CN1CCN(c2ccc3ncccc3c2)CC1. The van der Waals surface area contributed by atoms with Crippen molar-refractivity contribution in [1.29, 1.82) is 0 Å². The molecule has 2 heterocycles. The van der Waals surface area contributed by atoms with Crippen LogP contribution in [-0.4, -0.2) is 43.1 Å². The highest BCUT2D eigenvalue weighted by Crippen LogP contribution is 2.21. The highest BCUT2D eigenvalue weighted by Gasteiger charge is 2.14. The summed E-state index contributed by atoms with van der Waals surface area (Å²) in [6, 6.07) is 10.7. The first kappa shape index (κ1) is 10.5. The first-order valence-corrected chi connectivity index (χ1v) is 6.11. The summed E-state index contributed by atoms with van der Waals surface area (Å²) >= 11 is 0. The topological polar surface area (TPSA) is 19.4 Å². The first-order valence-electron chi connectivity index (χ1n) is 6.11. The largest absolute Gasteiger partial charge is 0.369 e. The summed E-state index contributed by atoms with van der Waals surface area (Å²) in [5, 5.41) is 1.23. The Balaban J connectivity index is 1.90. The van der Waals surface area contributed by atoms with E-state index in [2.05, 4.69) is 46.1 Å². The maximum atomic E-state index is 4.35. The van der Waals surface area contributed by atoms with Crippen LogP contribution in [0.25, 0.3) is 10.9 Å². The average molecular weight is 227 g/mol. The molecule has 0 bridgehead atoms. The quantitative estimate of drug-likeness (QED) is 0.742. The lowest BCUT2D eigenvalue weighted by Crippen LogP contribution is -2.44. The molecule has 2 aromatic rings. The fraction of sp³-hybridized carbons (Fsp3) is 0.357. The zero-order valence-corrected chi connectivity index (χ0v) is 10.1. The van der Waals surface area contributed by atoms with Gasteiger partial charge in [-0.1, -0.05) is 6.07 Å². The molecule has 0 spiro atoms. The minimum Gasteiger partial charge on any atom is -0.369 e. The van der Waals surface area contributed by atoms with Crippen molar-refractivity contribution in [1.82, 2.24) is 9.88 Å². The second-order valence-corrected chi connectivity index (χ2v) is 4.67. The third kappa shape index (κ3) is 2.11. The zero-order valence-electron chi connectivity index (χ0n) is 10.1. The normalized spacial score (nSPS) is 17.6. The molecule has 1 aliphatic rings. The van der Waals surface area contributed by atoms with E-state index in [1.165, 1.54) is 11.1 Å². The Morgan fingerprint density at radius 3 is 2.71 bits per heavy atom. The van der Waals surface area contributed by atoms with Gasteiger partial charge in [0.05, 0.1) is 5.52 Å². The standard InChI is InChI=1S/C14H17N3/c1-16-7-9-17(10-8-16)13-4-5-14-12(11-13)3-2-6-15-14/h2-6,11H,7-10H2,1H3. The summed E-state index contributed by atoms with van der Waals surface area (Å²) in [7, 11) is 2.18. The van der Waals surface area contributed by atoms with Gasteiger partial charge in [-0.05, 0) is 31.3 Å². The van der Waals surface area contributed by atoms with Gasteiger partial charge in [0.1, 0.15) is 0 Å². The molecule has 0 saturated carbocycles. The first-order chi connectivity index (χ1) is 8.33. The third-order valence-corrected chi connectivity index (χ3v) is 3.46. The number of piperazine rings is 1. The minimum atomic E-state index is 1.07. The van der Waals surface area contributed by atoms with E-state index in [-0.39, 0.29) is 0 Å². The summed E-state index contributed by atoms with van der Waals surface area (Å²) in [5.41, 5.74) is 2.39. The fourth-order valence-electron chi connectivity index (χ4n) is 2.32. The maximum Gasteiger partial charge on any atom is 0.0703 e. The number of aromatic nitrogens is 1. The van der Waals surface area contributed by atoms with Crippen LogP contribution in [0.15, 0.2) is 36.5 Å².